The Kier molecular flexibility index (Phi) is 2.65. The topological polar surface area (TPSA) is 21.7 Å². The minimum absolute atomic E-state index is 0.928. The molecule has 0 aliphatic carbocycles. The Hall–Kier alpha value is -2.42. The third-order valence-corrected chi connectivity index (χ3v) is 2.84. The number of hydrogen-bond donors (Lipinski definition) is 0. The summed E-state index contributed by atoms with van der Waals surface area (Å²) in [7, 11) is 2.00. The van der Waals surface area contributed by atoms with Gasteiger partial charge in [-0.2, -0.15) is 4.57 Å². The fraction of sp³-hybridized carbons (Fsp3) is 0.0667. The van der Waals surface area contributed by atoms with Gasteiger partial charge in [0.2, 0.25) is 12.1 Å². The first-order valence-corrected chi connectivity index (χ1v) is 5.89. The summed E-state index contributed by atoms with van der Waals surface area (Å²) in [5.41, 5.74) is 2.13. The second kappa shape index (κ2) is 4.45. The number of hydrogen-bond acceptors (Lipinski definition) is 1. The first-order chi connectivity index (χ1) is 8.83. The van der Waals surface area contributed by atoms with Crippen LogP contribution in [0.1, 0.15) is 0 Å². The van der Waals surface area contributed by atoms with Gasteiger partial charge in [-0.15, -0.1) is 0 Å². The highest BCUT2D eigenvalue weighted by Gasteiger charge is 2.07. The number of imidazole rings is 1. The van der Waals surface area contributed by atoms with Crippen LogP contribution < -0.4 is 4.57 Å². The van der Waals surface area contributed by atoms with E-state index >= 15 is 0 Å². The van der Waals surface area contributed by atoms with Gasteiger partial charge in [0.05, 0.1) is 12.7 Å². The van der Waals surface area contributed by atoms with Crippen LogP contribution in [0.15, 0.2) is 67.3 Å². The van der Waals surface area contributed by atoms with E-state index < -0.39 is 0 Å². The second-order valence-electron chi connectivity index (χ2n) is 4.23. The number of nitrogens with zero attached hydrogens (tertiary/aromatic N) is 3. The Morgan fingerprint density at radius 1 is 1.00 bits per heavy atom. The van der Waals surface area contributed by atoms with E-state index in [4.69, 9.17) is 0 Å². The maximum atomic E-state index is 4.68. The standard InChI is InChI=1S/C15H14N3/c1-17-10-11-18(12-17)15-9-5-8-14(16-15)13-6-3-2-4-7-13/h2-12H,1H3/q+1. The Bertz CT molecular complexity index is 656. The van der Waals surface area contributed by atoms with Crippen molar-refractivity contribution in [1.82, 2.24) is 9.55 Å². The quantitative estimate of drug-likeness (QED) is 0.626. The Balaban J connectivity index is 2.05. The molecule has 0 unspecified atom stereocenters. The van der Waals surface area contributed by atoms with E-state index in [9.17, 15) is 0 Å². The van der Waals surface area contributed by atoms with Crippen LogP contribution in [0.4, 0.5) is 0 Å². The van der Waals surface area contributed by atoms with Crippen LogP contribution in [0.5, 0.6) is 0 Å². The van der Waals surface area contributed by atoms with Crippen LogP contribution >= 0.6 is 0 Å². The number of aromatic nitrogens is 3. The molecular formula is C15H14N3+. The molecule has 88 valence electrons. The first kappa shape index (κ1) is 10.7. The largest absolute Gasteiger partial charge is 0.250 e. The molecule has 0 amide bonds. The number of rotatable bonds is 2. The van der Waals surface area contributed by atoms with E-state index in [2.05, 4.69) is 17.1 Å². The molecule has 3 rings (SSSR count). The van der Waals surface area contributed by atoms with Crippen LogP contribution in [-0.4, -0.2) is 9.55 Å². The molecule has 0 radical (unpaired) electrons. The molecular weight excluding hydrogens is 222 g/mol. The van der Waals surface area contributed by atoms with Gasteiger partial charge in [-0.05, 0) is 6.07 Å². The molecule has 0 spiro atoms. The Labute approximate surface area is 106 Å². The lowest BCUT2D eigenvalue weighted by Gasteiger charge is -2.01. The lowest BCUT2D eigenvalue weighted by molar-refractivity contribution is -0.670. The smallest absolute Gasteiger partial charge is 0.239 e. The van der Waals surface area contributed by atoms with Crippen LogP contribution in [-0.2, 0) is 7.05 Å². The molecule has 3 nitrogen and oxygen atoms in total. The van der Waals surface area contributed by atoms with E-state index in [1.165, 1.54) is 0 Å². The predicted molar refractivity (Wildman–Crippen MR) is 70.2 cm³/mol. The monoisotopic (exact) mass is 236 g/mol. The van der Waals surface area contributed by atoms with E-state index in [0.29, 0.717) is 0 Å². The molecule has 0 aliphatic heterocycles. The lowest BCUT2D eigenvalue weighted by atomic mass is 10.1. The fourth-order valence-corrected chi connectivity index (χ4v) is 1.92. The fourth-order valence-electron chi connectivity index (χ4n) is 1.92. The first-order valence-electron chi connectivity index (χ1n) is 5.89. The summed E-state index contributed by atoms with van der Waals surface area (Å²) in [5.74, 6) is 0.928. The third-order valence-electron chi connectivity index (χ3n) is 2.84. The molecule has 0 aliphatic rings. The van der Waals surface area contributed by atoms with Gasteiger partial charge >= 0.3 is 0 Å². The summed E-state index contributed by atoms with van der Waals surface area (Å²) in [5, 5.41) is 0. The van der Waals surface area contributed by atoms with Crippen molar-refractivity contribution in [2.45, 2.75) is 0 Å². The van der Waals surface area contributed by atoms with Gasteiger partial charge < -0.3 is 0 Å². The van der Waals surface area contributed by atoms with Gasteiger partial charge in [-0.25, -0.2) is 9.55 Å². The van der Waals surface area contributed by atoms with Crippen molar-refractivity contribution < 1.29 is 4.57 Å². The summed E-state index contributed by atoms with van der Waals surface area (Å²) < 4.78 is 4.00. The van der Waals surface area contributed by atoms with Crippen molar-refractivity contribution in [3.05, 3.63) is 67.3 Å². The number of pyridine rings is 1. The SMILES string of the molecule is C[n+]1ccn(-c2cccc(-c3ccccc3)n2)c1. The molecule has 0 bridgehead atoms. The summed E-state index contributed by atoms with van der Waals surface area (Å²) >= 11 is 0. The van der Waals surface area contributed by atoms with Crippen LogP contribution in [0.25, 0.3) is 17.1 Å². The van der Waals surface area contributed by atoms with Crippen molar-refractivity contribution >= 4 is 0 Å². The average molecular weight is 236 g/mol. The van der Waals surface area contributed by atoms with Gasteiger partial charge in [0.1, 0.15) is 12.4 Å². The van der Waals surface area contributed by atoms with E-state index in [1.807, 2.05) is 71.3 Å². The van der Waals surface area contributed by atoms with Crippen molar-refractivity contribution in [2.24, 2.45) is 7.05 Å². The predicted octanol–water partition coefficient (Wildman–Crippen LogP) is 2.36. The van der Waals surface area contributed by atoms with Gasteiger partial charge in [-0.3, -0.25) is 0 Å². The van der Waals surface area contributed by atoms with Crippen molar-refractivity contribution in [3.63, 3.8) is 0 Å². The zero-order valence-electron chi connectivity index (χ0n) is 10.2. The highest BCUT2D eigenvalue weighted by Crippen LogP contribution is 2.17. The normalized spacial score (nSPS) is 10.5. The highest BCUT2D eigenvalue weighted by atomic mass is 15.1. The average Bonchev–Trinajstić information content (AvgIpc) is 2.87. The Morgan fingerprint density at radius 2 is 1.83 bits per heavy atom. The van der Waals surface area contributed by atoms with Gasteiger partial charge in [0, 0.05) is 11.6 Å². The second-order valence-corrected chi connectivity index (χ2v) is 4.23. The molecule has 0 saturated carbocycles. The molecule has 3 heteroatoms. The summed E-state index contributed by atoms with van der Waals surface area (Å²) in [6, 6.07) is 16.3. The minimum Gasteiger partial charge on any atom is -0.239 e. The van der Waals surface area contributed by atoms with Gasteiger partial charge in [0.25, 0.3) is 0 Å². The molecule has 2 aromatic heterocycles. The van der Waals surface area contributed by atoms with Crippen molar-refractivity contribution in [3.8, 4) is 17.1 Å². The van der Waals surface area contributed by atoms with Gasteiger partial charge in [-0.1, -0.05) is 36.4 Å². The molecule has 2 heterocycles. The summed E-state index contributed by atoms with van der Waals surface area (Å²) in [4.78, 5) is 4.68. The van der Waals surface area contributed by atoms with Crippen molar-refractivity contribution in [2.75, 3.05) is 0 Å². The van der Waals surface area contributed by atoms with E-state index in [1.54, 1.807) is 0 Å². The molecule has 0 N–H and O–H groups in total. The minimum atomic E-state index is 0.928. The molecule has 3 aromatic rings. The van der Waals surface area contributed by atoms with E-state index in [-0.39, 0.29) is 0 Å². The molecule has 18 heavy (non-hydrogen) atoms. The zero-order valence-corrected chi connectivity index (χ0v) is 10.2. The number of aryl methyl sites for hydroxylation is 1. The molecule has 0 saturated heterocycles. The maximum Gasteiger partial charge on any atom is 0.250 e. The van der Waals surface area contributed by atoms with E-state index in [0.717, 1.165) is 17.1 Å². The summed E-state index contributed by atoms with van der Waals surface area (Å²) in [6.07, 6.45) is 5.99. The molecule has 0 fully saturated rings. The van der Waals surface area contributed by atoms with Crippen LogP contribution in [0.3, 0.4) is 0 Å². The zero-order chi connectivity index (χ0) is 12.4. The summed E-state index contributed by atoms with van der Waals surface area (Å²) in [6.45, 7) is 0. The van der Waals surface area contributed by atoms with Crippen LogP contribution in [0, 0.1) is 0 Å². The third kappa shape index (κ3) is 2.02. The van der Waals surface area contributed by atoms with Crippen molar-refractivity contribution in [1.29, 1.82) is 0 Å². The van der Waals surface area contributed by atoms with Gasteiger partial charge in [0.15, 0.2) is 0 Å². The lowest BCUT2D eigenvalue weighted by Crippen LogP contribution is -2.23. The maximum absolute atomic E-state index is 4.68. The van der Waals surface area contributed by atoms with Crippen LogP contribution in [0.2, 0.25) is 0 Å². The molecule has 0 atom stereocenters. The number of benzene rings is 1. The molecule has 1 aromatic carbocycles. The Morgan fingerprint density at radius 3 is 2.56 bits per heavy atom. The highest BCUT2D eigenvalue weighted by molar-refractivity contribution is 5.59.